The number of para-hydroxylation sites is 1. The van der Waals surface area contributed by atoms with E-state index in [0.717, 1.165) is 11.3 Å². The number of aliphatic hydroxyl groups is 1. The molecule has 0 saturated heterocycles. The first-order valence-electron chi connectivity index (χ1n) is 8.11. The number of thioether (sulfide) groups is 1. The van der Waals surface area contributed by atoms with Crippen LogP contribution in [-0.2, 0) is 11.3 Å². The molecule has 1 aromatic heterocycles. The Hall–Kier alpha value is -2.29. The Kier molecular flexibility index (Phi) is 6.32. The van der Waals surface area contributed by atoms with Gasteiger partial charge in [-0.15, -0.1) is 5.10 Å². The number of benzene rings is 2. The summed E-state index contributed by atoms with van der Waals surface area (Å²) >= 11 is 1.34. The monoisotopic (exact) mass is 374 g/mol. The van der Waals surface area contributed by atoms with Gasteiger partial charge in [0, 0.05) is 11.3 Å². The number of hydrogen-bond donors (Lipinski definition) is 1. The number of aliphatic hydroxyl groups excluding tert-OH is 1. The summed E-state index contributed by atoms with van der Waals surface area (Å²) < 4.78 is 20.6. The maximum Gasteiger partial charge on any atom is 0.214 e. The molecular weight excluding hydrogens is 355 g/mol. The molecule has 0 radical (unpaired) electrons. The van der Waals surface area contributed by atoms with Gasteiger partial charge >= 0.3 is 0 Å². The maximum absolute atomic E-state index is 13.5. The van der Waals surface area contributed by atoms with Gasteiger partial charge in [-0.3, -0.25) is 0 Å². The zero-order chi connectivity index (χ0) is 18.4. The summed E-state index contributed by atoms with van der Waals surface area (Å²) in [6.45, 7) is 2.21. The van der Waals surface area contributed by atoms with Crippen molar-refractivity contribution >= 4 is 11.8 Å². The van der Waals surface area contributed by atoms with E-state index in [-0.39, 0.29) is 19.0 Å². The second-order valence-corrected chi connectivity index (χ2v) is 6.72. The molecule has 0 aliphatic carbocycles. The third-order valence-corrected chi connectivity index (χ3v) is 4.78. The summed E-state index contributed by atoms with van der Waals surface area (Å²) in [4.78, 5) is 0. The smallest absolute Gasteiger partial charge is 0.214 e. The van der Waals surface area contributed by atoms with E-state index in [0.29, 0.717) is 16.5 Å². The highest BCUT2D eigenvalue weighted by atomic mass is 32.2. The highest BCUT2D eigenvalue weighted by Crippen LogP contribution is 2.21. The standard InChI is InChI=1S/C18H19FN4O2S/c1-13-6-2-5-9-17(13)23-18(20-21-22-23)26-12-15(24)11-25-10-14-7-3-4-8-16(14)19/h2-9,15,24H,10-12H2,1H3/t15-/m1/s1. The van der Waals surface area contributed by atoms with Crippen LogP contribution in [0.5, 0.6) is 0 Å². The van der Waals surface area contributed by atoms with Gasteiger partial charge < -0.3 is 9.84 Å². The Morgan fingerprint density at radius 3 is 2.77 bits per heavy atom. The number of rotatable bonds is 8. The number of hydrogen-bond acceptors (Lipinski definition) is 6. The van der Waals surface area contributed by atoms with Crippen LogP contribution in [0.15, 0.2) is 53.7 Å². The van der Waals surface area contributed by atoms with Crippen molar-refractivity contribution in [1.29, 1.82) is 0 Å². The van der Waals surface area contributed by atoms with Crippen molar-refractivity contribution in [3.05, 3.63) is 65.5 Å². The van der Waals surface area contributed by atoms with Gasteiger partial charge in [-0.25, -0.2) is 4.39 Å². The van der Waals surface area contributed by atoms with Gasteiger partial charge in [0.2, 0.25) is 5.16 Å². The predicted octanol–water partition coefficient (Wildman–Crippen LogP) is 2.78. The first kappa shape index (κ1) is 18.5. The minimum Gasteiger partial charge on any atom is -0.390 e. The molecule has 1 N–H and O–H groups in total. The molecule has 1 heterocycles. The van der Waals surface area contributed by atoms with Crippen molar-refractivity contribution in [2.75, 3.05) is 12.4 Å². The van der Waals surface area contributed by atoms with Crippen LogP contribution in [0.1, 0.15) is 11.1 Å². The average Bonchev–Trinajstić information content (AvgIpc) is 3.10. The fraction of sp³-hybridized carbons (Fsp3) is 0.278. The van der Waals surface area contributed by atoms with Gasteiger partial charge in [0.05, 0.1) is 25.0 Å². The minimum absolute atomic E-state index is 0.104. The Morgan fingerprint density at radius 2 is 1.96 bits per heavy atom. The molecule has 0 aliphatic rings. The van der Waals surface area contributed by atoms with E-state index in [2.05, 4.69) is 15.5 Å². The number of aryl methyl sites for hydroxylation is 1. The highest BCUT2D eigenvalue weighted by molar-refractivity contribution is 7.99. The lowest BCUT2D eigenvalue weighted by atomic mass is 10.2. The molecule has 0 saturated carbocycles. The molecule has 3 rings (SSSR count). The summed E-state index contributed by atoms with van der Waals surface area (Å²) in [7, 11) is 0. The molecule has 0 spiro atoms. The number of nitrogens with zero attached hydrogens (tertiary/aromatic N) is 4. The van der Waals surface area contributed by atoms with Crippen LogP contribution in [-0.4, -0.2) is 43.8 Å². The van der Waals surface area contributed by atoms with Crippen molar-refractivity contribution < 1.29 is 14.2 Å². The Balaban J connectivity index is 1.51. The Bertz CT molecular complexity index is 858. The summed E-state index contributed by atoms with van der Waals surface area (Å²) in [5.41, 5.74) is 2.41. The molecule has 0 fully saturated rings. The fourth-order valence-corrected chi connectivity index (χ4v) is 3.15. The first-order chi connectivity index (χ1) is 12.6. The van der Waals surface area contributed by atoms with Gasteiger partial charge in [0.1, 0.15) is 5.82 Å². The normalized spacial score (nSPS) is 12.3. The van der Waals surface area contributed by atoms with E-state index in [4.69, 9.17) is 4.74 Å². The van der Waals surface area contributed by atoms with E-state index < -0.39 is 6.10 Å². The number of aromatic nitrogens is 4. The van der Waals surface area contributed by atoms with Crippen LogP contribution >= 0.6 is 11.8 Å². The molecule has 8 heteroatoms. The van der Waals surface area contributed by atoms with Gasteiger partial charge in [-0.2, -0.15) is 4.68 Å². The zero-order valence-corrected chi connectivity index (χ0v) is 15.1. The van der Waals surface area contributed by atoms with E-state index >= 15 is 0 Å². The topological polar surface area (TPSA) is 73.1 Å². The van der Waals surface area contributed by atoms with Crippen molar-refractivity contribution in [3.8, 4) is 5.69 Å². The molecule has 0 unspecified atom stereocenters. The van der Waals surface area contributed by atoms with Crippen LogP contribution in [0.3, 0.4) is 0 Å². The number of halogens is 1. The molecular formula is C18H19FN4O2S. The van der Waals surface area contributed by atoms with Crippen LogP contribution < -0.4 is 0 Å². The third-order valence-electron chi connectivity index (χ3n) is 3.72. The molecule has 3 aromatic rings. The lowest BCUT2D eigenvalue weighted by molar-refractivity contribution is 0.0386. The van der Waals surface area contributed by atoms with Crippen LogP contribution in [0, 0.1) is 12.7 Å². The maximum atomic E-state index is 13.5. The quantitative estimate of drug-likeness (QED) is 0.611. The van der Waals surface area contributed by atoms with Crippen molar-refractivity contribution in [3.63, 3.8) is 0 Å². The van der Waals surface area contributed by atoms with Crippen LogP contribution in [0.2, 0.25) is 0 Å². The van der Waals surface area contributed by atoms with Crippen LogP contribution in [0.25, 0.3) is 5.69 Å². The van der Waals surface area contributed by atoms with E-state index in [1.807, 2.05) is 31.2 Å². The lowest BCUT2D eigenvalue weighted by Gasteiger charge is -2.12. The van der Waals surface area contributed by atoms with Gasteiger partial charge in [0.15, 0.2) is 0 Å². The largest absolute Gasteiger partial charge is 0.390 e. The molecule has 1 atom stereocenters. The molecule has 0 aliphatic heterocycles. The molecule has 0 amide bonds. The molecule has 26 heavy (non-hydrogen) atoms. The fourth-order valence-electron chi connectivity index (χ4n) is 2.36. The van der Waals surface area contributed by atoms with Crippen molar-refractivity contribution in [2.45, 2.75) is 24.8 Å². The summed E-state index contributed by atoms with van der Waals surface area (Å²) in [6.07, 6.45) is -0.714. The summed E-state index contributed by atoms with van der Waals surface area (Å²) in [6, 6.07) is 14.2. The van der Waals surface area contributed by atoms with E-state index in [1.54, 1.807) is 22.9 Å². The van der Waals surface area contributed by atoms with Crippen molar-refractivity contribution in [1.82, 2.24) is 20.2 Å². The summed E-state index contributed by atoms with van der Waals surface area (Å²) in [5, 5.41) is 22.4. The van der Waals surface area contributed by atoms with Gasteiger partial charge in [-0.05, 0) is 35.0 Å². The van der Waals surface area contributed by atoms with Gasteiger partial charge in [-0.1, -0.05) is 48.2 Å². The lowest BCUT2D eigenvalue weighted by Crippen LogP contribution is -2.18. The highest BCUT2D eigenvalue weighted by Gasteiger charge is 2.13. The average molecular weight is 374 g/mol. The minimum atomic E-state index is -0.714. The molecule has 136 valence electrons. The molecule has 0 bridgehead atoms. The van der Waals surface area contributed by atoms with Gasteiger partial charge in [0.25, 0.3) is 0 Å². The van der Waals surface area contributed by atoms with Crippen molar-refractivity contribution in [2.24, 2.45) is 0 Å². The molecule has 2 aromatic carbocycles. The van der Waals surface area contributed by atoms with Crippen LogP contribution in [0.4, 0.5) is 4.39 Å². The Morgan fingerprint density at radius 1 is 1.19 bits per heavy atom. The summed E-state index contributed by atoms with van der Waals surface area (Å²) in [5.74, 6) is 0.0533. The number of tetrazole rings is 1. The predicted molar refractivity (Wildman–Crippen MR) is 96.7 cm³/mol. The number of ether oxygens (including phenoxy) is 1. The molecule has 6 nitrogen and oxygen atoms in total. The second-order valence-electron chi connectivity index (χ2n) is 5.73. The third kappa shape index (κ3) is 4.66. The second kappa shape index (κ2) is 8.88. The SMILES string of the molecule is Cc1ccccc1-n1nnnc1SC[C@H](O)COCc1ccccc1F. The Labute approximate surface area is 155 Å². The zero-order valence-electron chi connectivity index (χ0n) is 14.2. The van der Waals surface area contributed by atoms with E-state index in [9.17, 15) is 9.50 Å². The first-order valence-corrected chi connectivity index (χ1v) is 9.10. The van der Waals surface area contributed by atoms with E-state index in [1.165, 1.54) is 17.8 Å².